The molecule has 0 aliphatic heterocycles. The number of hydrogen-bond acceptors (Lipinski definition) is 6. The van der Waals surface area contributed by atoms with Crippen LogP contribution in [-0.2, 0) is 31.2 Å². The highest BCUT2D eigenvalue weighted by molar-refractivity contribution is 6.74. The van der Waals surface area contributed by atoms with Gasteiger partial charge in [-0.15, -0.1) is 0 Å². The van der Waals surface area contributed by atoms with Crippen LogP contribution in [0.25, 0.3) is 0 Å². The number of methoxy groups -OCH3 is 2. The minimum absolute atomic E-state index is 0.0165. The summed E-state index contributed by atoms with van der Waals surface area (Å²) in [4.78, 5) is 13.5. The number of ether oxygens (including phenoxy) is 2. The molecule has 1 aromatic rings. The molecule has 3 rings (SSSR count). The lowest BCUT2D eigenvalue weighted by atomic mass is 9.81. The monoisotopic (exact) mass is 589 g/mol. The molecule has 0 bridgehead atoms. The predicted octanol–water partition coefficient (Wildman–Crippen LogP) is 8.63. The Kier molecular flexibility index (Phi) is 8.96. The van der Waals surface area contributed by atoms with E-state index in [0.29, 0.717) is 5.57 Å². The number of rotatable bonds is 7. The molecular formula is C32H55NO5Si2. The van der Waals surface area contributed by atoms with Crippen LogP contribution in [0.15, 0.2) is 11.6 Å². The minimum Gasteiger partial charge on any atom is -0.494 e. The van der Waals surface area contributed by atoms with E-state index in [2.05, 4.69) is 93.8 Å². The van der Waals surface area contributed by atoms with Crippen molar-refractivity contribution in [1.82, 2.24) is 0 Å². The maximum Gasteiger partial charge on any atom is 0.336 e. The number of nitrogens with one attached hydrogen (secondary N) is 1. The molecule has 0 spiro atoms. The molecule has 40 heavy (non-hydrogen) atoms. The molecular weight excluding hydrogens is 535 g/mol. The van der Waals surface area contributed by atoms with Crippen molar-refractivity contribution < 1.29 is 23.1 Å². The largest absolute Gasteiger partial charge is 0.494 e. The van der Waals surface area contributed by atoms with Crippen molar-refractivity contribution in [3.05, 3.63) is 33.9 Å². The van der Waals surface area contributed by atoms with Crippen LogP contribution < -0.4 is 10.1 Å². The second kappa shape index (κ2) is 10.9. The molecule has 2 atom stereocenters. The lowest BCUT2D eigenvalue weighted by Gasteiger charge is -2.45. The third-order valence-electron chi connectivity index (χ3n) is 9.34. The Labute approximate surface area is 245 Å². The second-order valence-corrected chi connectivity index (χ2v) is 25.1. The molecule has 2 aliphatic carbocycles. The van der Waals surface area contributed by atoms with Crippen LogP contribution in [0.1, 0.15) is 103 Å². The minimum atomic E-state index is -2.31. The lowest BCUT2D eigenvalue weighted by Crippen LogP contribution is -2.45. The Morgan fingerprint density at radius 3 is 1.82 bits per heavy atom. The maximum absolute atomic E-state index is 13.5. The molecule has 0 saturated heterocycles. The number of benzene rings is 1. The van der Waals surface area contributed by atoms with E-state index < -0.39 is 28.8 Å². The molecule has 8 heteroatoms. The molecule has 0 saturated carbocycles. The molecule has 0 heterocycles. The molecule has 1 N–H and O–H groups in total. The fourth-order valence-corrected chi connectivity index (χ4v) is 7.50. The molecule has 0 fully saturated rings. The van der Waals surface area contributed by atoms with E-state index >= 15 is 0 Å². The molecule has 0 amide bonds. The Bertz CT molecular complexity index is 1170. The van der Waals surface area contributed by atoms with Gasteiger partial charge in [0, 0.05) is 11.1 Å². The van der Waals surface area contributed by atoms with E-state index in [0.717, 1.165) is 41.8 Å². The van der Waals surface area contributed by atoms with Crippen LogP contribution >= 0.6 is 0 Å². The quantitative estimate of drug-likeness (QED) is 0.254. The predicted molar refractivity (Wildman–Crippen MR) is 171 cm³/mol. The van der Waals surface area contributed by atoms with Crippen LogP contribution in [0.4, 0.5) is 5.69 Å². The number of fused-ring (bicyclic) bond motifs is 3. The average molecular weight is 590 g/mol. The average Bonchev–Trinajstić information content (AvgIpc) is 3.27. The van der Waals surface area contributed by atoms with Crippen LogP contribution in [0.3, 0.4) is 0 Å². The molecule has 226 valence electrons. The third kappa shape index (κ3) is 6.25. The highest BCUT2D eigenvalue weighted by Gasteiger charge is 2.48. The zero-order valence-electron chi connectivity index (χ0n) is 27.9. The van der Waals surface area contributed by atoms with Crippen molar-refractivity contribution in [3.63, 3.8) is 0 Å². The number of carbonyl (C=O) groups is 1. The van der Waals surface area contributed by atoms with Gasteiger partial charge in [0.15, 0.2) is 16.6 Å². The van der Waals surface area contributed by atoms with Crippen molar-refractivity contribution in [2.24, 2.45) is 0 Å². The Morgan fingerprint density at radius 2 is 1.35 bits per heavy atom. The molecule has 6 nitrogen and oxygen atoms in total. The summed E-state index contributed by atoms with van der Waals surface area (Å²) in [6, 6.07) is 0. The maximum atomic E-state index is 13.5. The zero-order chi connectivity index (χ0) is 30.6. The molecule has 1 aromatic carbocycles. The van der Waals surface area contributed by atoms with Gasteiger partial charge in [0.05, 0.1) is 31.6 Å². The zero-order valence-corrected chi connectivity index (χ0v) is 29.9. The van der Waals surface area contributed by atoms with Crippen LogP contribution in [-0.4, -0.2) is 42.4 Å². The van der Waals surface area contributed by atoms with Gasteiger partial charge in [0.1, 0.15) is 11.9 Å². The van der Waals surface area contributed by atoms with Crippen molar-refractivity contribution in [2.45, 2.75) is 136 Å². The number of hydrogen-bond donors (Lipinski definition) is 1. The van der Waals surface area contributed by atoms with Crippen molar-refractivity contribution in [3.8, 4) is 5.75 Å². The van der Waals surface area contributed by atoms with Gasteiger partial charge in [-0.1, -0.05) is 41.5 Å². The van der Waals surface area contributed by atoms with Crippen molar-refractivity contribution in [2.75, 3.05) is 19.5 Å². The normalized spacial score (nSPS) is 20.0. The molecule has 0 radical (unpaired) electrons. The van der Waals surface area contributed by atoms with Crippen LogP contribution in [0.5, 0.6) is 5.75 Å². The highest BCUT2D eigenvalue weighted by Crippen LogP contribution is 2.56. The van der Waals surface area contributed by atoms with Gasteiger partial charge >= 0.3 is 5.97 Å². The summed E-state index contributed by atoms with van der Waals surface area (Å²) in [7, 11) is -1.37. The van der Waals surface area contributed by atoms with E-state index in [4.69, 9.17) is 18.3 Å². The van der Waals surface area contributed by atoms with Gasteiger partial charge in [0.25, 0.3) is 0 Å². The van der Waals surface area contributed by atoms with E-state index in [9.17, 15) is 4.79 Å². The third-order valence-corrected chi connectivity index (χ3v) is 18.2. The van der Waals surface area contributed by atoms with E-state index in [-0.39, 0.29) is 21.6 Å². The first kappa shape index (κ1) is 32.9. The lowest BCUT2D eigenvalue weighted by molar-refractivity contribution is -0.137. The smallest absolute Gasteiger partial charge is 0.336 e. The topological polar surface area (TPSA) is 66.0 Å². The first-order valence-corrected chi connectivity index (χ1v) is 20.6. The van der Waals surface area contributed by atoms with Gasteiger partial charge in [-0.25, -0.2) is 4.79 Å². The molecule has 0 unspecified atom stereocenters. The highest BCUT2D eigenvalue weighted by atomic mass is 28.4. The summed E-state index contributed by atoms with van der Waals surface area (Å²) in [5.74, 6) is 0.444. The summed E-state index contributed by atoms with van der Waals surface area (Å²) in [5.41, 5.74) is 6.02. The Morgan fingerprint density at radius 1 is 0.825 bits per heavy atom. The summed E-state index contributed by atoms with van der Waals surface area (Å²) in [6.07, 6.45) is 3.91. The Hall–Kier alpha value is -1.62. The molecule has 2 aliphatic rings. The summed E-state index contributed by atoms with van der Waals surface area (Å²) >= 11 is 0. The van der Waals surface area contributed by atoms with Crippen molar-refractivity contribution in [1.29, 1.82) is 0 Å². The molecule has 0 aromatic heterocycles. The van der Waals surface area contributed by atoms with Crippen molar-refractivity contribution >= 4 is 28.3 Å². The fraction of sp³-hybridized carbons (Fsp3) is 0.719. The Balaban J connectivity index is 2.45. The summed E-state index contributed by atoms with van der Waals surface area (Å²) in [5, 5.41) is 3.73. The number of anilines is 1. The van der Waals surface area contributed by atoms with Gasteiger partial charge < -0.3 is 23.6 Å². The van der Waals surface area contributed by atoms with E-state index in [1.807, 2.05) is 6.08 Å². The standard InChI is InChI=1S/C32H55NO5Si2/c1-30(2,3)33-26-21-18-16-17-20(21)24-25(28(26)35-10)23(37-39(12,13)31(4,5)6)19-22(29(34)36-11)27(24)38-40(14,15)32(7,8)9/h19,23,27,33H,16-18H2,1-15H3/t23-,27+/m1/s1. The summed E-state index contributed by atoms with van der Waals surface area (Å²) < 4.78 is 26.0. The summed E-state index contributed by atoms with van der Waals surface area (Å²) in [6.45, 7) is 28.9. The first-order chi connectivity index (χ1) is 18.1. The van der Waals surface area contributed by atoms with Gasteiger partial charge in [-0.05, 0) is 99.1 Å². The fourth-order valence-electron chi connectivity index (χ4n) is 5.14. The second-order valence-electron chi connectivity index (χ2n) is 15.6. The van der Waals surface area contributed by atoms with Gasteiger partial charge in [-0.3, -0.25) is 0 Å². The number of esters is 1. The van der Waals surface area contributed by atoms with Crippen LogP contribution in [0, 0.1) is 0 Å². The van der Waals surface area contributed by atoms with E-state index in [1.54, 1.807) is 7.11 Å². The first-order valence-electron chi connectivity index (χ1n) is 14.8. The van der Waals surface area contributed by atoms with Gasteiger partial charge in [0.2, 0.25) is 0 Å². The number of carbonyl (C=O) groups excluding carboxylic acids is 1. The SMILES string of the molecule is COC(=O)C1=C[C@@H](O[Si](C)(C)C(C)(C)C)c2c(OC)c(NC(C)(C)C)c3c(c2[C@H]1O[Si](C)(C)C(C)(C)C)CCC3. The van der Waals surface area contributed by atoms with Crippen LogP contribution in [0.2, 0.25) is 36.3 Å². The van der Waals surface area contributed by atoms with E-state index in [1.165, 1.54) is 18.2 Å². The van der Waals surface area contributed by atoms with Gasteiger partial charge in [-0.2, -0.15) is 0 Å².